The summed E-state index contributed by atoms with van der Waals surface area (Å²) < 4.78 is 5.10. The van der Waals surface area contributed by atoms with Gasteiger partial charge >= 0.3 is 6.09 Å². The van der Waals surface area contributed by atoms with Crippen LogP contribution in [-0.4, -0.2) is 38.7 Å². The number of nitriles is 1. The standard InChI is InChI=1S/C15H21N3O4/c1-10-11(8-16)7-12(9-17-10)13(5-6-19)18(21)14(20)22-15(2,3)4/h7,9,13,19,21H,5-6H2,1-4H3. The number of nitrogens with zero attached hydrogens (tertiary/aromatic N) is 3. The smallest absolute Gasteiger partial charge is 0.434 e. The number of carbonyl (C=O) groups is 1. The molecule has 0 fully saturated rings. The average molecular weight is 307 g/mol. The van der Waals surface area contributed by atoms with E-state index in [-0.39, 0.29) is 13.0 Å². The topological polar surface area (TPSA) is 107 Å². The highest BCUT2D eigenvalue weighted by Gasteiger charge is 2.28. The van der Waals surface area contributed by atoms with E-state index in [1.54, 1.807) is 27.7 Å². The number of ether oxygens (including phenoxy) is 1. The summed E-state index contributed by atoms with van der Waals surface area (Å²) >= 11 is 0. The fraction of sp³-hybridized carbons (Fsp3) is 0.533. The molecule has 0 saturated carbocycles. The largest absolute Gasteiger partial charge is 0.442 e. The maximum Gasteiger partial charge on any atom is 0.434 e. The number of pyridine rings is 1. The van der Waals surface area contributed by atoms with E-state index in [9.17, 15) is 10.0 Å². The quantitative estimate of drug-likeness (QED) is 0.653. The minimum atomic E-state index is -0.926. The molecule has 7 heteroatoms. The number of hydrogen-bond donors (Lipinski definition) is 2. The van der Waals surface area contributed by atoms with Crippen molar-refractivity contribution in [3.05, 3.63) is 29.1 Å². The molecule has 0 aliphatic heterocycles. The predicted octanol–water partition coefficient (Wildman–Crippen LogP) is 2.31. The molecular formula is C15H21N3O4. The number of hydroxylamine groups is 2. The number of rotatable bonds is 4. The van der Waals surface area contributed by atoms with Crippen LogP contribution in [0.15, 0.2) is 12.3 Å². The van der Waals surface area contributed by atoms with Crippen molar-refractivity contribution >= 4 is 6.09 Å². The Hall–Kier alpha value is -2.17. The SMILES string of the molecule is Cc1ncc(C(CCO)N(O)C(=O)OC(C)(C)C)cc1C#N. The number of amides is 1. The molecule has 1 unspecified atom stereocenters. The van der Waals surface area contributed by atoms with Crippen LogP contribution >= 0.6 is 0 Å². The summed E-state index contributed by atoms with van der Waals surface area (Å²) in [5, 5.41) is 28.7. The van der Waals surface area contributed by atoms with Crippen molar-refractivity contribution in [2.24, 2.45) is 0 Å². The minimum absolute atomic E-state index is 0.0886. The van der Waals surface area contributed by atoms with Crippen LogP contribution in [0.4, 0.5) is 4.79 Å². The maximum absolute atomic E-state index is 12.0. The van der Waals surface area contributed by atoms with Gasteiger partial charge in [-0.05, 0) is 45.7 Å². The van der Waals surface area contributed by atoms with Crippen molar-refractivity contribution < 1.29 is 19.8 Å². The van der Waals surface area contributed by atoms with Crippen molar-refractivity contribution in [3.63, 3.8) is 0 Å². The molecule has 1 aromatic heterocycles. The molecule has 1 atom stereocenters. The molecule has 1 rings (SSSR count). The summed E-state index contributed by atoms with van der Waals surface area (Å²) in [7, 11) is 0. The van der Waals surface area contributed by atoms with Gasteiger partial charge in [-0.15, -0.1) is 0 Å². The fourth-order valence-corrected chi connectivity index (χ4v) is 1.83. The van der Waals surface area contributed by atoms with Crippen molar-refractivity contribution in [1.29, 1.82) is 5.26 Å². The Bertz CT molecular complexity index is 575. The van der Waals surface area contributed by atoms with Crippen LogP contribution in [0.3, 0.4) is 0 Å². The lowest BCUT2D eigenvalue weighted by atomic mass is 10.0. The number of aromatic nitrogens is 1. The van der Waals surface area contributed by atoms with Gasteiger partial charge in [-0.3, -0.25) is 10.2 Å². The molecule has 1 heterocycles. The third-order valence-corrected chi connectivity index (χ3v) is 2.89. The van der Waals surface area contributed by atoms with Crippen LogP contribution in [0.1, 0.15) is 50.1 Å². The first-order valence-electron chi connectivity index (χ1n) is 6.88. The zero-order valence-corrected chi connectivity index (χ0v) is 13.2. The van der Waals surface area contributed by atoms with Gasteiger partial charge in [-0.2, -0.15) is 10.3 Å². The van der Waals surface area contributed by atoms with E-state index in [1.165, 1.54) is 12.3 Å². The highest BCUT2D eigenvalue weighted by Crippen LogP contribution is 2.25. The van der Waals surface area contributed by atoms with E-state index in [2.05, 4.69) is 4.98 Å². The second-order valence-electron chi connectivity index (χ2n) is 5.87. The van der Waals surface area contributed by atoms with Gasteiger partial charge in [0.25, 0.3) is 0 Å². The first kappa shape index (κ1) is 17.9. The van der Waals surface area contributed by atoms with Crippen molar-refractivity contribution in [2.75, 3.05) is 6.61 Å². The van der Waals surface area contributed by atoms with Crippen LogP contribution in [0.5, 0.6) is 0 Å². The van der Waals surface area contributed by atoms with Gasteiger partial charge in [-0.25, -0.2) is 4.79 Å². The van der Waals surface area contributed by atoms with Gasteiger partial charge in [0.05, 0.1) is 17.3 Å². The molecule has 22 heavy (non-hydrogen) atoms. The van der Waals surface area contributed by atoms with E-state index in [0.29, 0.717) is 21.9 Å². The summed E-state index contributed by atoms with van der Waals surface area (Å²) in [5.74, 6) is 0. The molecule has 0 aromatic carbocycles. The summed E-state index contributed by atoms with van der Waals surface area (Å²) in [6, 6.07) is 2.69. The van der Waals surface area contributed by atoms with Crippen LogP contribution in [0.2, 0.25) is 0 Å². The van der Waals surface area contributed by atoms with E-state index in [1.807, 2.05) is 6.07 Å². The van der Waals surface area contributed by atoms with Crippen LogP contribution < -0.4 is 0 Å². The molecule has 7 nitrogen and oxygen atoms in total. The summed E-state index contributed by atoms with van der Waals surface area (Å²) in [4.78, 5) is 16.0. The first-order chi connectivity index (χ1) is 10.2. The van der Waals surface area contributed by atoms with E-state index < -0.39 is 17.7 Å². The van der Waals surface area contributed by atoms with Crippen molar-refractivity contribution in [3.8, 4) is 6.07 Å². The third-order valence-electron chi connectivity index (χ3n) is 2.89. The molecular weight excluding hydrogens is 286 g/mol. The Morgan fingerprint density at radius 3 is 2.68 bits per heavy atom. The number of aliphatic hydroxyl groups excluding tert-OH is 1. The minimum Gasteiger partial charge on any atom is -0.442 e. The zero-order chi connectivity index (χ0) is 16.9. The van der Waals surface area contributed by atoms with E-state index in [4.69, 9.17) is 15.1 Å². The molecule has 120 valence electrons. The molecule has 0 aliphatic carbocycles. The molecule has 0 saturated heterocycles. The van der Waals surface area contributed by atoms with Crippen molar-refractivity contribution in [1.82, 2.24) is 10.0 Å². The predicted molar refractivity (Wildman–Crippen MR) is 78.0 cm³/mol. The molecule has 0 aliphatic rings. The zero-order valence-electron chi connectivity index (χ0n) is 13.2. The van der Waals surface area contributed by atoms with Crippen LogP contribution in [-0.2, 0) is 4.74 Å². The number of carbonyl (C=O) groups excluding carboxylic acids is 1. The highest BCUT2D eigenvalue weighted by molar-refractivity contribution is 5.67. The van der Waals surface area contributed by atoms with Gasteiger partial charge in [0.1, 0.15) is 11.7 Å². The highest BCUT2D eigenvalue weighted by atomic mass is 16.6. The monoisotopic (exact) mass is 307 g/mol. The van der Waals surface area contributed by atoms with Gasteiger partial charge in [0, 0.05) is 12.8 Å². The lowest BCUT2D eigenvalue weighted by Crippen LogP contribution is -2.37. The molecule has 0 spiro atoms. The second kappa shape index (κ2) is 7.20. The Morgan fingerprint density at radius 2 is 2.18 bits per heavy atom. The summed E-state index contributed by atoms with van der Waals surface area (Å²) in [6.45, 7) is 6.48. The van der Waals surface area contributed by atoms with E-state index in [0.717, 1.165) is 0 Å². The Balaban J connectivity index is 3.08. The fourth-order valence-electron chi connectivity index (χ4n) is 1.83. The lowest BCUT2D eigenvalue weighted by Gasteiger charge is -2.28. The van der Waals surface area contributed by atoms with Gasteiger partial charge in [0.2, 0.25) is 0 Å². The van der Waals surface area contributed by atoms with E-state index >= 15 is 0 Å². The lowest BCUT2D eigenvalue weighted by molar-refractivity contribution is -0.125. The van der Waals surface area contributed by atoms with Gasteiger partial charge in [-0.1, -0.05) is 0 Å². The molecule has 0 bridgehead atoms. The van der Waals surface area contributed by atoms with Crippen LogP contribution in [0.25, 0.3) is 0 Å². The molecule has 0 radical (unpaired) electrons. The van der Waals surface area contributed by atoms with Gasteiger partial charge < -0.3 is 9.84 Å². The third kappa shape index (κ3) is 4.69. The second-order valence-corrected chi connectivity index (χ2v) is 5.87. The van der Waals surface area contributed by atoms with Crippen molar-refractivity contribution in [2.45, 2.75) is 45.8 Å². The number of hydrogen-bond acceptors (Lipinski definition) is 6. The maximum atomic E-state index is 12.0. The number of aryl methyl sites for hydroxylation is 1. The first-order valence-corrected chi connectivity index (χ1v) is 6.88. The summed E-state index contributed by atoms with van der Waals surface area (Å²) in [5.41, 5.74) is 0.587. The normalized spacial score (nSPS) is 12.4. The Kier molecular flexibility index (Phi) is 5.85. The number of aliphatic hydroxyl groups is 1. The van der Waals surface area contributed by atoms with Crippen LogP contribution in [0, 0.1) is 18.3 Å². The van der Waals surface area contributed by atoms with Gasteiger partial charge in [0.15, 0.2) is 0 Å². The Labute approximate surface area is 129 Å². The molecule has 2 N–H and O–H groups in total. The Morgan fingerprint density at radius 1 is 1.55 bits per heavy atom. The summed E-state index contributed by atoms with van der Waals surface area (Å²) in [6.07, 6.45) is 0.625. The molecule has 1 aromatic rings. The molecule has 1 amide bonds. The average Bonchev–Trinajstić information content (AvgIpc) is 2.43.